The van der Waals surface area contributed by atoms with E-state index in [1.54, 1.807) is 13.8 Å². The zero-order valence-corrected chi connectivity index (χ0v) is 22.9. The maximum atomic E-state index is 11.9. The van der Waals surface area contributed by atoms with Crippen molar-refractivity contribution in [1.82, 2.24) is 0 Å². The zero-order chi connectivity index (χ0) is 25.4. The Kier molecular flexibility index (Phi) is 7.68. The van der Waals surface area contributed by atoms with Crippen molar-refractivity contribution in [2.75, 3.05) is 14.2 Å². The van der Waals surface area contributed by atoms with Crippen LogP contribution in [-0.2, 0) is 29.9 Å². The number of hydrogen-bond acceptors (Lipinski definition) is 6. The summed E-state index contributed by atoms with van der Waals surface area (Å²) in [6.45, 7) is 3.49. The van der Waals surface area contributed by atoms with Crippen LogP contribution in [0.3, 0.4) is 0 Å². The molecule has 0 aromatic heterocycles. The average molecular weight is 598 g/mol. The first-order valence-electron chi connectivity index (χ1n) is 10.9. The van der Waals surface area contributed by atoms with E-state index in [1.165, 1.54) is 14.2 Å². The molecule has 0 bridgehead atoms. The van der Waals surface area contributed by atoms with E-state index in [4.69, 9.17) is 9.47 Å². The van der Waals surface area contributed by atoms with Gasteiger partial charge in [-0.3, -0.25) is 9.59 Å². The number of ether oxygens (including phenoxy) is 2. The predicted molar refractivity (Wildman–Crippen MR) is 135 cm³/mol. The molecule has 0 atom stereocenters. The van der Waals surface area contributed by atoms with Crippen LogP contribution in [0.15, 0.2) is 57.5 Å². The van der Waals surface area contributed by atoms with E-state index in [2.05, 4.69) is 31.9 Å². The highest BCUT2D eigenvalue weighted by molar-refractivity contribution is 9.10. The van der Waals surface area contributed by atoms with Crippen molar-refractivity contribution in [2.24, 2.45) is 0 Å². The molecule has 2 aromatic rings. The number of esters is 2. The van der Waals surface area contributed by atoms with E-state index in [9.17, 15) is 19.8 Å². The van der Waals surface area contributed by atoms with Gasteiger partial charge >= 0.3 is 11.9 Å². The third-order valence-corrected chi connectivity index (χ3v) is 7.73. The van der Waals surface area contributed by atoms with Gasteiger partial charge in [0.2, 0.25) is 0 Å². The molecular formula is C26H30Br2O6. The number of rotatable bonds is 4. The van der Waals surface area contributed by atoms with Crippen molar-refractivity contribution < 1.29 is 29.3 Å². The molecule has 0 aliphatic heterocycles. The maximum absolute atomic E-state index is 11.9. The summed E-state index contributed by atoms with van der Waals surface area (Å²) in [6.07, 6.45) is 1.64. The minimum Gasteiger partial charge on any atom is -0.468 e. The standard InChI is InChI=1S/2C13H15BrO3/c2*1-12(16)7-13(8-12,11(15)17-2)9-3-5-10(14)6-4-9/h2*3-6,16H,7-8H2,1-2H3. The van der Waals surface area contributed by atoms with Crippen LogP contribution in [-0.4, -0.2) is 47.6 Å². The minimum atomic E-state index is -0.777. The lowest BCUT2D eigenvalue weighted by Gasteiger charge is -2.49. The second kappa shape index (κ2) is 9.72. The van der Waals surface area contributed by atoms with Gasteiger partial charge in [0.15, 0.2) is 0 Å². The summed E-state index contributed by atoms with van der Waals surface area (Å²) < 4.78 is 11.7. The van der Waals surface area contributed by atoms with Crippen LogP contribution in [0, 0.1) is 0 Å². The van der Waals surface area contributed by atoms with Crippen LogP contribution >= 0.6 is 31.9 Å². The van der Waals surface area contributed by atoms with Gasteiger partial charge in [0.05, 0.1) is 36.3 Å². The largest absolute Gasteiger partial charge is 0.468 e. The number of halogens is 2. The van der Waals surface area contributed by atoms with Gasteiger partial charge in [0.1, 0.15) is 0 Å². The molecule has 2 aromatic carbocycles. The van der Waals surface area contributed by atoms with Gasteiger partial charge in [-0.15, -0.1) is 0 Å². The summed E-state index contributed by atoms with van der Waals surface area (Å²) in [5.41, 5.74) is -1.11. The summed E-state index contributed by atoms with van der Waals surface area (Å²) in [5, 5.41) is 19.8. The molecule has 0 radical (unpaired) electrons. The normalized spacial score (nSPS) is 31.8. The fourth-order valence-electron chi connectivity index (χ4n) is 5.36. The molecule has 2 aliphatic rings. The minimum absolute atomic E-state index is 0.272. The Hall–Kier alpha value is -1.74. The van der Waals surface area contributed by atoms with E-state index in [0.29, 0.717) is 25.7 Å². The van der Waals surface area contributed by atoms with E-state index in [0.717, 1.165) is 20.1 Å². The zero-order valence-electron chi connectivity index (χ0n) is 19.7. The molecule has 2 N–H and O–H groups in total. The topological polar surface area (TPSA) is 93.1 Å². The number of methoxy groups -OCH3 is 2. The molecule has 2 fully saturated rings. The molecule has 0 saturated heterocycles. The molecule has 0 unspecified atom stereocenters. The first-order chi connectivity index (χ1) is 15.8. The van der Waals surface area contributed by atoms with E-state index < -0.39 is 22.0 Å². The Bertz CT molecular complexity index is 942. The third kappa shape index (κ3) is 5.25. The number of hydrogen-bond donors (Lipinski definition) is 2. The molecule has 34 heavy (non-hydrogen) atoms. The molecule has 2 saturated carbocycles. The van der Waals surface area contributed by atoms with Crippen molar-refractivity contribution in [1.29, 1.82) is 0 Å². The summed E-state index contributed by atoms with van der Waals surface area (Å²) in [4.78, 5) is 23.9. The third-order valence-electron chi connectivity index (χ3n) is 6.68. The average Bonchev–Trinajstić information content (AvgIpc) is 2.75. The van der Waals surface area contributed by atoms with Crippen LogP contribution in [0.1, 0.15) is 50.7 Å². The Morgan fingerprint density at radius 3 is 1.15 bits per heavy atom. The maximum Gasteiger partial charge on any atom is 0.316 e. The fraction of sp³-hybridized carbons (Fsp3) is 0.462. The predicted octanol–water partition coefficient (Wildman–Crippen LogP) is 4.81. The van der Waals surface area contributed by atoms with E-state index in [1.807, 2.05) is 48.5 Å². The first kappa shape index (κ1) is 26.9. The molecule has 0 spiro atoms. The molecule has 0 amide bonds. The Morgan fingerprint density at radius 1 is 0.676 bits per heavy atom. The van der Waals surface area contributed by atoms with Crippen LogP contribution in [0.5, 0.6) is 0 Å². The Labute approximate surface area is 216 Å². The highest BCUT2D eigenvalue weighted by atomic mass is 79.9. The van der Waals surface area contributed by atoms with Crippen molar-refractivity contribution in [2.45, 2.75) is 61.6 Å². The van der Waals surface area contributed by atoms with Crippen LogP contribution in [0.25, 0.3) is 0 Å². The Balaban J connectivity index is 0.000000191. The highest BCUT2D eigenvalue weighted by Gasteiger charge is 2.58. The molecule has 2 aliphatic carbocycles. The van der Waals surface area contributed by atoms with Gasteiger partial charge in [0, 0.05) is 8.95 Å². The molecule has 6 nitrogen and oxygen atoms in total. The van der Waals surface area contributed by atoms with Gasteiger partial charge < -0.3 is 19.7 Å². The SMILES string of the molecule is COC(=O)C1(c2ccc(Br)cc2)CC(C)(O)C1.COC(=O)C1(c2ccc(Br)cc2)CC(C)(O)C1. The van der Waals surface area contributed by atoms with Crippen LogP contribution in [0.4, 0.5) is 0 Å². The van der Waals surface area contributed by atoms with Crippen LogP contribution < -0.4 is 0 Å². The molecule has 8 heteroatoms. The quantitative estimate of drug-likeness (QED) is 0.491. The first-order valence-corrected chi connectivity index (χ1v) is 12.5. The van der Waals surface area contributed by atoms with Crippen molar-refractivity contribution in [3.05, 3.63) is 68.6 Å². The molecule has 4 rings (SSSR count). The van der Waals surface area contributed by atoms with Crippen molar-refractivity contribution in [3.8, 4) is 0 Å². The van der Waals surface area contributed by atoms with Gasteiger partial charge in [0.25, 0.3) is 0 Å². The van der Waals surface area contributed by atoms with Crippen LogP contribution in [0.2, 0.25) is 0 Å². The number of carbonyl (C=O) groups is 2. The lowest BCUT2D eigenvalue weighted by atomic mass is 9.56. The number of carbonyl (C=O) groups excluding carboxylic acids is 2. The van der Waals surface area contributed by atoms with Crippen molar-refractivity contribution >= 4 is 43.8 Å². The second-order valence-electron chi connectivity index (χ2n) is 9.86. The van der Waals surface area contributed by atoms with Crippen molar-refractivity contribution in [3.63, 3.8) is 0 Å². The van der Waals surface area contributed by atoms with Gasteiger partial charge in [-0.1, -0.05) is 56.1 Å². The van der Waals surface area contributed by atoms with E-state index >= 15 is 0 Å². The summed E-state index contributed by atoms with van der Waals surface area (Å²) >= 11 is 6.73. The summed E-state index contributed by atoms with van der Waals surface area (Å²) in [5.74, 6) is -0.544. The smallest absolute Gasteiger partial charge is 0.316 e. The summed E-state index contributed by atoms with van der Waals surface area (Å²) in [6, 6.07) is 15.2. The monoisotopic (exact) mass is 596 g/mol. The van der Waals surface area contributed by atoms with E-state index in [-0.39, 0.29) is 11.9 Å². The van der Waals surface area contributed by atoms with Gasteiger partial charge in [-0.25, -0.2) is 0 Å². The molecule has 184 valence electrons. The lowest BCUT2D eigenvalue weighted by molar-refractivity contribution is -0.166. The molecule has 0 heterocycles. The lowest BCUT2D eigenvalue weighted by Crippen LogP contribution is -2.57. The molecular weight excluding hydrogens is 568 g/mol. The highest BCUT2D eigenvalue weighted by Crippen LogP contribution is 2.52. The van der Waals surface area contributed by atoms with Gasteiger partial charge in [-0.05, 0) is 74.9 Å². The summed E-state index contributed by atoms with van der Waals surface area (Å²) in [7, 11) is 2.77. The second-order valence-corrected chi connectivity index (χ2v) is 11.7. The van der Waals surface area contributed by atoms with Gasteiger partial charge in [-0.2, -0.15) is 0 Å². The fourth-order valence-corrected chi connectivity index (χ4v) is 5.89. The number of benzene rings is 2. The Morgan fingerprint density at radius 2 is 0.941 bits per heavy atom. The number of aliphatic hydroxyl groups is 2.